The number of hydrogen-bond acceptors (Lipinski definition) is 2. The summed E-state index contributed by atoms with van der Waals surface area (Å²) in [6, 6.07) is 12.9. The molecular formula is C19H15F4N3. The lowest BCUT2D eigenvalue weighted by molar-refractivity contribution is -0.141. The van der Waals surface area contributed by atoms with Crippen LogP contribution >= 0.6 is 0 Å². The molecule has 26 heavy (non-hydrogen) atoms. The molecule has 1 N–H and O–H groups in total. The molecule has 0 bridgehead atoms. The monoisotopic (exact) mass is 361 g/mol. The van der Waals surface area contributed by atoms with Crippen LogP contribution < -0.4 is 5.32 Å². The normalized spacial score (nSPS) is 11.4. The lowest BCUT2D eigenvalue weighted by Gasteiger charge is -2.12. The zero-order chi connectivity index (χ0) is 18.9. The number of hydrogen-bond donors (Lipinski definition) is 1. The van der Waals surface area contributed by atoms with Crippen LogP contribution in [0.1, 0.15) is 17.1 Å². The highest BCUT2D eigenvalue weighted by molar-refractivity contribution is 5.75. The van der Waals surface area contributed by atoms with E-state index in [2.05, 4.69) is 16.9 Å². The van der Waals surface area contributed by atoms with Crippen molar-refractivity contribution in [3.8, 4) is 5.69 Å². The third-order valence-corrected chi connectivity index (χ3v) is 3.81. The second-order valence-corrected chi connectivity index (χ2v) is 5.67. The fourth-order valence-corrected chi connectivity index (χ4v) is 2.52. The molecule has 2 aromatic carbocycles. The molecule has 1 heterocycles. The van der Waals surface area contributed by atoms with Crippen molar-refractivity contribution in [1.82, 2.24) is 9.55 Å². The summed E-state index contributed by atoms with van der Waals surface area (Å²) in [4.78, 5) is 3.55. The molecule has 0 saturated heterocycles. The Labute approximate surface area is 147 Å². The zero-order valence-electron chi connectivity index (χ0n) is 13.8. The highest BCUT2D eigenvalue weighted by Crippen LogP contribution is 2.29. The van der Waals surface area contributed by atoms with Crippen LogP contribution in [0.3, 0.4) is 0 Å². The van der Waals surface area contributed by atoms with Gasteiger partial charge in [-0.15, -0.1) is 0 Å². The van der Waals surface area contributed by atoms with Crippen LogP contribution in [0.25, 0.3) is 11.4 Å². The maximum absolute atomic E-state index is 13.8. The number of halogens is 4. The average Bonchev–Trinajstić information content (AvgIpc) is 2.98. The SMILES string of the molecule is C=C(Nc1ccc(-n2cc(C(F)(F)F)nc2C)cc1)c1ccccc1F. The first-order chi connectivity index (χ1) is 12.3. The summed E-state index contributed by atoms with van der Waals surface area (Å²) in [5.74, 6) is -0.163. The molecule has 0 aliphatic heterocycles. The molecule has 0 amide bonds. The predicted octanol–water partition coefficient (Wildman–Crippen LogP) is 5.42. The average molecular weight is 361 g/mol. The Hall–Kier alpha value is -3.09. The fraction of sp³-hybridized carbons (Fsp3) is 0.105. The third-order valence-electron chi connectivity index (χ3n) is 3.81. The first-order valence-electron chi connectivity index (χ1n) is 7.70. The molecule has 0 fully saturated rings. The van der Waals surface area contributed by atoms with E-state index in [-0.39, 0.29) is 5.82 Å². The predicted molar refractivity (Wildman–Crippen MR) is 92.4 cm³/mol. The molecule has 134 valence electrons. The molecule has 3 rings (SSSR count). The molecule has 0 unspecified atom stereocenters. The number of benzene rings is 2. The first kappa shape index (κ1) is 17.7. The van der Waals surface area contributed by atoms with Gasteiger partial charge in [-0.3, -0.25) is 0 Å². The third kappa shape index (κ3) is 3.61. The minimum atomic E-state index is -4.49. The van der Waals surface area contributed by atoms with E-state index in [0.29, 0.717) is 22.6 Å². The lowest BCUT2D eigenvalue weighted by Crippen LogP contribution is -2.05. The Balaban J connectivity index is 1.80. The first-order valence-corrected chi connectivity index (χ1v) is 7.70. The molecule has 3 aromatic rings. The summed E-state index contributed by atoms with van der Waals surface area (Å²) in [7, 11) is 0. The van der Waals surface area contributed by atoms with Crippen molar-refractivity contribution in [2.24, 2.45) is 0 Å². The van der Waals surface area contributed by atoms with Gasteiger partial charge in [-0.2, -0.15) is 13.2 Å². The molecule has 3 nitrogen and oxygen atoms in total. The number of nitrogens with one attached hydrogen (secondary N) is 1. The molecule has 0 spiro atoms. The van der Waals surface area contributed by atoms with Gasteiger partial charge < -0.3 is 9.88 Å². The zero-order valence-corrected chi connectivity index (χ0v) is 13.8. The summed E-state index contributed by atoms with van der Waals surface area (Å²) in [6.07, 6.45) is -3.54. The van der Waals surface area contributed by atoms with Gasteiger partial charge in [-0.05, 0) is 43.3 Å². The quantitative estimate of drug-likeness (QED) is 0.629. The number of aryl methyl sites for hydroxylation is 1. The van der Waals surface area contributed by atoms with Crippen molar-refractivity contribution in [3.63, 3.8) is 0 Å². The van der Waals surface area contributed by atoms with Crippen molar-refractivity contribution < 1.29 is 17.6 Å². The number of alkyl halides is 3. The highest BCUT2D eigenvalue weighted by atomic mass is 19.4. The molecular weight excluding hydrogens is 346 g/mol. The van der Waals surface area contributed by atoms with Crippen LogP contribution in [0.4, 0.5) is 23.2 Å². The van der Waals surface area contributed by atoms with E-state index in [1.807, 2.05) is 0 Å². The Morgan fingerprint density at radius 2 is 1.73 bits per heavy atom. The molecule has 0 atom stereocenters. The lowest BCUT2D eigenvalue weighted by atomic mass is 10.1. The van der Waals surface area contributed by atoms with Crippen molar-refractivity contribution in [3.05, 3.63) is 84.2 Å². The molecule has 0 saturated carbocycles. The van der Waals surface area contributed by atoms with E-state index < -0.39 is 17.7 Å². The largest absolute Gasteiger partial charge is 0.434 e. The number of anilines is 1. The van der Waals surface area contributed by atoms with Crippen LogP contribution in [-0.2, 0) is 6.18 Å². The van der Waals surface area contributed by atoms with Gasteiger partial charge in [0, 0.05) is 28.8 Å². The van der Waals surface area contributed by atoms with E-state index >= 15 is 0 Å². The van der Waals surface area contributed by atoms with Crippen molar-refractivity contribution in [2.45, 2.75) is 13.1 Å². The highest BCUT2D eigenvalue weighted by Gasteiger charge is 2.34. The van der Waals surface area contributed by atoms with Gasteiger partial charge in [0.15, 0.2) is 5.69 Å². The number of imidazole rings is 1. The molecule has 0 aliphatic rings. The Morgan fingerprint density at radius 3 is 2.31 bits per heavy atom. The number of nitrogens with zero attached hydrogens (tertiary/aromatic N) is 2. The second kappa shape index (κ2) is 6.67. The minimum Gasteiger partial charge on any atom is -0.355 e. The molecule has 0 radical (unpaired) electrons. The summed E-state index contributed by atoms with van der Waals surface area (Å²) < 4.78 is 53.4. The topological polar surface area (TPSA) is 29.9 Å². The second-order valence-electron chi connectivity index (χ2n) is 5.67. The van der Waals surface area contributed by atoms with Gasteiger partial charge in [0.1, 0.15) is 11.6 Å². The van der Waals surface area contributed by atoms with E-state index in [0.717, 1.165) is 6.20 Å². The van der Waals surface area contributed by atoms with Crippen molar-refractivity contribution in [2.75, 3.05) is 5.32 Å². The van der Waals surface area contributed by atoms with Crippen LogP contribution in [0.2, 0.25) is 0 Å². The smallest absolute Gasteiger partial charge is 0.355 e. The van der Waals surface area contributed by atoms with Gasteiger partial charge in [0.05, 0.1) is 0 Å². The summed E-state index contributed by atoms with van der Waals surface area (Å²) >= 11 is 0. The van der Waals surface area contributed by atoms with Gasteiger partial charge >= 0.3 is 6.18 Å². The maximum Gasteiger partial charge on any atom is 0.434 e. The number of rotatable bonds is 4. The van der Waals surface area contributed by atoms with Gasteiger partial charge in [0.2, 0.25) is 0 Å². The number of aromatic nitrogens is 2. The standard InChI is InChI=1S/C19H15F4N3/c1-12(16-5-3-4-6-17(16)20)24-14-7-9-15(10-8-14)26-11-18(19(21,22)23)25-13(26)2/h3-11,24H,1H2,2H3. The summed E-state index contributed by atoms with van der Waals surface area (Å²) in [5.41, 5.74) is 0.958. The molecule has 1 aromatic heterocycles. The summed E-state index contributed by atoms with van der Waals surface area (Å²) in [5, 5.41) is 2.98. The maximum atomic E-state index is 13.8. The van der Waals surface area contributed by atoms with E-state index in [1.54, 1.807) is 42.5 Å². The van der Waals surface area contributed by atoms with Crippen molar-refractivity contribution in [1.29, 1.82) is 0 Å². The van der Waals surface area contributed by atoms with E-state index in [9.17, 15) is 17.6 Å². The van der Waals surface area contributed by atoms with Crippen LogP contribution in [0, 0.1) is 12.7 Å². The van der Waals surface area contributed by atoms with Gasteiger partial charge in [-0.1, -0.05) is 18.7 Å². The Bertz CT molecular complexity index is 940. The Morgan fingerprint density at radius 1 is 1.08 bits per heavy atom. The van der Waals surface area contributed by atoms with Crippen LogP contribution in [-0.4, -0.2) is 9.55 Å². The van der Waals surface area contributed by atoms with Crippen LogP contribution in [0.15, 0.2) is 61.3 Å². The van der Waals surface area contributed by atoms with Crippen molar-refractivity contribution >= 4 is 11.4 Å². The van der Waals surface area contributed by atoms with Crippen LogP contribution in [0.5, 0.6) is 0 Å². The molecule has 7 heteroatoms. The summed E-state index contributed by atoms with van der Waals surface area (Å²) in [6.45, 7) is 5.32. The van der Waals surface area contributed by atoms with Gasteiger partial charge in [0.25, 0.3) is 0 Å². The van der Waals surface area contributed by atoms with E-state index in [4.69, 9.17) is 0 Å². The minimum absolute atomic E-state index is 0.230. The fourth-order valence-electron chi connectivity index (χ4n) is 2.52. The molecule has 0 aliphatic carbocycles. The Kier molecular flexibility index (Phi) is 4.54. The van der Waals surface area contributed by atoms with E-state index in [1.165, 1.54) is 17.6 Å². The van der Waals surface area contributed by atoms with Gasteiger partial charge in [-0.25, -0.2) is 9.37 Å².